The molecule has 0 N–H and O–H groups in total. The lowest BCUT2D eigenvalue weighted by molar-refractivity contribution is -0.137. The van der Waals surface area contributed by atoms with Gasteiger partial charge in [0.1, 0.15) is 5.75 Å². The Hall–Kier alpha value is -2.39. The largest absolute Gasteiger partial charge is 0.534 e. The molecule has 1 aromatic rings. The minimum absolute atomic E-state index is 0.0129. The Balaban J connectivity index is 3.05. The van der Waals surface area contributed by atoms with E-state index in [4.69, 9.17) is 5.53 Å². The molecule has 0 atom stereocenters. The summed E-state index contributed by atoms with van der Waals surface area (Å²) in [6.07, 6.45) is 0. The molecule has 0 unspecified atom stereocenters. The van der Waals surface area contributed by atoms with Crippen LogP contribution >= 0.6 is 0 Å². The Labute approximate surface area is 116 Å². The van der Waals surface area contributed by atoms with Crippen molar-refractivity contribution in [1.29, 1.82) is 0 Å². The molecule has 1 aromatic carbocycles. The van der Waals surface area contributed by atoms with Crippen molar-refractivity contribution in [2.45, 2.75) is 5.51 Å². The fraction of sp³-hybridized carbons (Fsp3) is 0.200. The van der Waals surface area contributed by atoms with Gasteiger partial charge in [-0.15, -0.1) is 0 Å². The predicted octanol–water partition coefficient (Wildman–Crippen LogP) is 1.11. The van der Waals surface area contributed by atoms with Crippen LogP contribution in [-0.2, 0) is 19.6 Å². The molecule has 0 radical (unpaired) electrons. The van der Waals surface area contributed by atoms with Crippen molar-refractivity contribution in [2.24, 2.45) is 0 Å². The van der Waals surface area contributed by atoms with Crippen molar-refractivity contribution < 1.29 is 40.1 Å². The summed E-state index contributed by atoms with van der Waals surface area (Å²) in [5.41, 5.74) is 2.57. The van der Waals surface area contributed by atoms with Gasteiger partial charge in [-0.1, -0.05) is 0 Å². The van der Waals surface area contributed by atoms with Crippen molar-refractivity contribution in [1.82, 2.24) is 0 Å². The molecule has 7 nitrogen and oxygen atoms in total. The van der Waals surface area contributed by atoms with Crippen molar-refractivity contribution >= 4 is 21.8 Å². The summed E-state index contributed by atoms with van der Waals surface area (Å²) in [6, 6.07) is 3.75. The summed E-state index contributed by atoms with van der Waals surface area (Å²) in [5.74, 6) is -1.62. The number of ether oxygens (including phenoxy) is 1. The molecule has 0 fully saturated rings. The van der Waals surface area contributed by atoms with Crippen LogP contribution in [-0.4, -0.2) is 37.5 Å². The van der Waals surface area contributed by atoms with Gasteiger partial charge in [-0.2, -0.15) is 26.4 Å². The van der Waals surface area contributed by atoms with Crippen LogP contribution in [0.15, 0.2) is 24.3 Å². The summed E-state index contributed by atoms with van der Waals surface area (Å²) in [6.45, 7) is 0. The maximum atomic E-state index is 12.1. The lowest BCUT2D eigenvalue weighted by Gasteiger charge is -2.09. The Morgan fingerprint density at radius 3 is 2.14 bits per heavy atom. The highest BCUT2D eigenvalue weighted by Crippen LogP contribution is 2.26. The number of halogens is 3. The first-order chi connectivity index (χ1) is 9.62. The average Bonchev–Trinajstić information content (AvgIpc) is 2.39. The van der Waals surface area contributed by atoms with E-state index >= 15 is 0 Å². The zero-order valence-electron chi connectivity index (χ0n) is 10.3. The summed E-state index contributed by atoms with van der Waals surface area (Å²) in [7, 11) is -4.75. The fourth-order valence-electron chi connectivity index (χ4n) is 1.16. The Morgan fingerprint density at radius 1 is 1.24 bits per heavy atom. The van der Waals surface area contributed by atoms with Crippen LogP contribution in [0.5, 0.6) is 5.75 Å². The molecule has 11 heteroatoms. The van der Waals surface area contributed by atoms with Crippen LogP contribution < -0.4 is 4.18 Å². The second-order valence-electron chi connectivity index (χ2n) is 3.45. The molecule has 0 saturated carbocycles. The van der Waals surface area contributed by atoms with Gasteiger partial charge in [0.15, 0.2) is 0 Å². The van der Waals surface area contributed by atoms with Crippen molar-refractivity contribution in [2.75, 3.05) is 7.11 Å². The molecule has 0 bridgehead atoms. The lowest BCUT2D eigenvalue weighted by Crippen LogP contribution is -2.28. The molecule has 21 heavy (non-hydrogen) atoms. The van der Waals surface area contributed by atoms with Gasteiger partial charge in [0.25, 0.3) is 0 Å². The van der Waals surface area contributed by atoms with Crippen LogP contribution in [0, 0.1) is 0 Å². The van der Waals surface area contributed by atoms with Gasteiger partial charge in [-0.25, -0.2) is 4.79 Å². The van der Waals surface area contributed by atoms with E-state index < -0.39 is 33.1 Å². The molecule has 0 aromatic heterocycles. The van der Waals surface area contributed by atoms with E-state index in [0.29, 0.717) is 0 Å². The topological polar surface area (TPSA) is 106 Å². The van der Waals surface area contributed by atoms with E-state index in [1.54, 1.807) is 0 Å². The van der Waals surface area contributed by atoms with Crippen LogP contribution in [0.1, 0.15) is 5.56 Å². The number of carbonyl (C=O) groups excluding carboxylic acids is 1. The minimum atomic E-state index is -5.78. The average molecular weight is 324 g/mol. The second-order valence-corrected chi connectivity index (χ2v) is 4.99. The Bertz CT molecular complexity index is 690. The number of hydrogen-bond acceptors (Lipinski definition) is 5. The van der Waals surface area contributed by atoms with E-state index in [2.05, 4.69) is 13.7 Å². The lowest BCUT2D eigenvalue weighted by atomic mass is 10.1. The number of nitrogens with zero attached hydrogens (tertiary/aromatic N) is 2. The molecule has 0 heterocycles. The molecule has 0 aliphatic rings. The highest BCUT2D eigenvalue weighted by molar-refractivity contribution is 7.88. The van der Waals surface area contributed by atoms with Crippen molar-refractivity contribution in [3.05, 3.63) is 35.4 Å². The molecule has 114 valence electrons. The van der Waals surface area contributed by atoms with Crippen LogP contribution in [0.25, 0.3) is 5.53 Å². The van der Waals surface area contributed by atoms with Gasteiger partial charge in [-0.05, 0) is 24.3 Å². The first-order valence-electron chi connectivity index (χ1n) is 5.04. The van der Waals surface area contributed by atoms with Crippen molar-refractivity contribution in [3.8, 4) is 5.75 Å². The Morgan fingerprint density at radius 2 is 1.76 bits per heavy atom. The zero-order chi connectivity index (χ0) is 16.3. The molecule has 0 aliphatic heterocycles. The third-order valence-electron chi connectivity index (χ3n) is 2.10. The number of benzene rings is 1. The van der Waals surface area contributed by atoms with E-state index in [1.165, 1.54) is 0 Å². The van der Waals surface area contributed by atoms with E-state index in [0.717, 1.165) is 31.4 Å². The Kier molecular flexibility index (Phi) is 4.71. The number of alkyl halides is 3. The van der Waals surface area contributed by atoms with Crippen LogP contribution in [0.2, 0.25) is 0 Å². The summed E-state index contributed by atoms with van der Waals surface area (Å²) in [4.78, 5) is 13.9. The number of esters is 1. The number of hydrogen-bond donors (Lipinski definition) is 0. The van der Waals surface area contributed by atoms with Gasteiger partial charge in [0.2, 0.25) is 0 Å². The molecular weight excluding hydrogens is 317 g/mol. The molecule has 0 spiro atoms. The SMILES string of the molecule is COC(=O)C(=[N+]=[N-])c1ccc(OS(=O)(=O)C(F)(F)F)cc1. The third-order valence-corrected chi connectivity index (χ3v) is 3.07. The van der Waals surface area contributed by atoms with Gasteiger partial charge < -0.3 is 14.5 Å². The third kappa shape index (κ3) is 3.80. The molecule has 0 saturated heterocycles. The zero-order valence-corrected chi connectivity index (χ0v) is 11.1. The maximum absolute atomic E-state index is 12.1. The number of carbonyl (C=O) groups is 1. The molecule has 1 rings (SSSR count). The van der Waals surface area contributed by atoms with Crippen LogP contribution in [0.3, 0.4) is 0 Å². The van der Waals surface area contributed by atoms with Crippen molar-refractivity contribution in [3.63, 3.8) is 0 Å². The first kappa shape index (κ1) is 16.7. The van der Waals surface area contributed by atoms with Crippen LogP contribution in [0.4, 0.5) is 13.2 Å². The minimum Gasteiger partial charge on any atom is -0.460 e. The van der Waals surface area contributed by atoms with E-state index in [1.807, 2.05) is 0 Å². The molecule has 0 aliphatic carbocycles. The fourth-order valence-corrected chi connectivity index (χ4v) is 1.61. The number of methoxy groups -OCH3 is 1. The van der Waals surface area contributed by atoms with Gasteiger partial charge >= 0.3 is 27.3 Å². The number of rotatable bonds is 4. The monoisotopic (exact) mass is 324 g/mol. The normalized spacial score (nSPS) is 11.4. The smallest absolute Gasteiger partial charge is 0.460 e. The van der Waals surface area contributed by atoms with Gasteiger partial charge in [-0.3, -0.25) is 0 Å². The quantitative estimate of drug-likeness (QED) is 0.206. The molecule has 0 amide bonds. The summed E-state index contributed by atoms with van der Waals surface area (Å²) < 4.78 is 66.0. The van der Waals surface area contributed by atoms with E-state index in [-0.39, 0.29) is 5.56 Å². The molecular formula is C10H7F3N2O5S. The second kappa shape index (κ2) is 5.94. The highest BCUT2D eigenvalue weighted by Gasteiger charge is 2.48. The van der Waals surface area contributed by atoms with Gasteiger partial charge in [0.05, 0.1) is 12.7 Å². The van der Waals surface area contributed by atoms with E-state index in [9.17, 15) is 26.4 Å². The summed E-state index contributed by atoms with van der Waals surface area (Å²) >= 11 is 0. The predicted molar refractivity (Wildman–Crippen MR) is 61.8 cm³/mol. The maximum Gasteiger partial charge on any atom is 0.534 e. The standard InChI is InChI=1S/C10H7F3N2O5S/c1-19-9(16)8(15-14)6-2-4-7(5-3-6)20-21(17,18)10(11,12)13/h2-5H,1H3. The first-order valence-corrected chi connectivity index (χ1v) is 6.44. The highest BCUT2D eigenvalue weighted by atomic mass is 32.2. The van der Waals surface area contributed by atoms with Gasteiger partial charge in [0, 0.05) is 0 Å². The summed E-state index contributed by atoms with van der Waals surface area (Å²) in [5, 5.41) is 0.